The Bertz CT molecular complexity index is 1090. The lowest BCUT2D eigenvalue weighted by Gasteiger charge is -2.18. The van der Waals surface area contributed by atoms with Crippen molar-refractivity contribution in [3.63, 3.8) is 0 Å². The SMILES string of the molecule is C=C(C)/C=C\C(=C/C)C1(CC(=O)C(C#N)c2cccc(C(=C)c3ccccc3)c2)CC1. The molecule has 0 aromatic heterocycles. The summed E-state index contributed by atoms with van der Waals surface area (Å²) in [6, 6.07) is 19.9. The molecule has 0 saturated heterocycles. The van der Waals surface area contributed by atoms with Gasteiger partial charge in [0.2, 0.25) is 0 Å². The lowest BCUT2D eigenvalue weighted by Crippen LogP contribution is -2.17. The van der Waals surface area contributed by atoms with Gasteiger partial charge in [-0.25, -0.2) is 0 Å². The van der Waals surface area contributed by atoms with Crippen LogP contribution < -0.4 is 0 Å². The summed E-state index contributed by atoms with van der Waals surface area (Å²) in [6.07, 6.45) is 8.46. The van der Waals surface area contributed by atoms with Crippen molar-refractivity contribution in [1.82, 2.24) is 0 Å². The van der Waals surface area contributed by atoms with Gasteiger partial charge in [0, 0.05) is 11.8 Å². The number of nitrogens with zero attached hydrogens (tertiary/aromatic N) is 1. The van der Waals surface area contributed by atoms with Gasteiger partial charge in [-0.3, -0.25) is 4.79 Å². The molecule has 1 aliphatic carbocycles. The molecule has 0 amide bonds. The van der Waals surface area contributed by atoms with Crippen molar-refractivity contribution in [2.45, 2.75) is 39.0 Å². The van der Waals surface area contributed by atoms with E-state index in [0.29, 0.717) is 6.42 Å². The first kappa shape index (κ1) is 22.2. The maximum Gasteiger partial charge on any atom is 0.155 e. The van der Waals surface area contributed by atoms with Crippen LogP contribution in [0.15, 0.2) is 97.1 Å². The monoisotopic (exact) mass is 407 g/mol. The zero-order valence-corrected chi connectivity index (χ0v) is 18.4. The van der Waals surface area contributed by atoms with Gasteiger partial charge in [-0.15, -0.1) is 0 Å². The highest BCUT2D eigenvalue weighted by Gasteiger charge is 2.47. The van der Waals surface area contributed by atoms with Crippen molar-refractivity contribution < 1.29 is 4.79 Å². The zero-order chi connectivity index (χ0) is 22.4. The van der Waals surface area contributed by atoms with Crippen molar-refractivity contribution in [2.24, 2.45) is 5.41 Å². The minimum absolute atomic E-state index is 0.0226. The molecule has 1 saturated carbocycles. The smallest absolute Gasteiger partial charge is 0.155 e. The fraction of sp³-hybridized carbons (Fsp3) is 0.241. The molecule has 2 aromatic rings. The molecular formula is C29H29NO. The van der Waals surface area contributed by atoms with Gasteiger partial charge in [0.25, 0.3) is 0 Å². The highest BCUT2D eigenvalue weighted by Crippen LogP contribution is 2.56. The van der Waals surface area contributed by atoms with E-state index in [0.717, 1.165) is 46.3 Å². The van der Waals surface area contributed by atoms with Crippen LogP contribution in [-0.4, -0.2) is 5.78 Å². The third kappa shape index (κ3) is 5.19. The normalized spacial score (nSPS) is 15.8. The third-order valence-corrected chi connectivity index (χ3v) is 5.98. The standard InChI is InChI=1S/C29H29NO/c1-5-26(15-14-21(2)3)29(16-17-29)19-28(31)27(20-30)25-13-9-12-24(18-25)22(4)23-10-7-6-8-11-23/h5-15,18,27H,2,4,16-17,19H2,1,3H3/b15-14-,26-5+. The Labute approximate surface area is 185 Å². The van der Waals surface area contributed by atoms with Gasteiger partial charge in [0.1, 0.15) is 5.92 Å². The summed E-state index contributed by atoms with van der Waals surface area (Å²) in [5, 5.41) is 9.85. The number of rotatable bonds is 9. The first-order valence-corrected chi connectivity index (χ1v) is 10.7. The Hall–Kier alpha value is -3.44. The maximum absolute atomic E-state index is 13.2. The number of ketones is 1. The highest BCUT2D eigenvalue weighted by atomic mass is 16.1. The minimum Gasteiger partial charge on any atom is -0.298 e. The van der Waals surface area contributed by atoms with Gasteiger partial charge in [0.15, 0.2) is 5.78 Å². The molecule has 2 nitrogen and oxygen atoms in total. The second-order valence-corrected chi connectivity index (χ2v) is 8.38. The Morgan fingerprint density at radius 1 is 1.10 bits per heavy atom. The van der Waals surface area contributed by atoms with Crippen molar-refractivity contribution in [3.05, 3.63) is 114 Å². The first-order valence-electron chi connectivity index (χ1n) is 10.7. The number of hydrogen-bond donors (Lipinski definition) is 0. The molecule has 2 heteroatoms. The second kappa shape index (κ2) is 9.58. The average Bonchev–Trinajstić information content (AvgIpc) is 3.55. The molecule has 1 fully saturated rings. The van der Waals surface area contributed by atoms with Gasteiger partial charge in [-0.05, 0) is 60.6 Å². The number of Topliss-reactive ketones (excluding diaryl/α,β-unsaturated/α-hetero) is 1. The Morgan fingerprint density at radius 2 is 1.77 bits per heavy atom. The van der Waals surface area contributed by atoms with Crippen LogP contribution in [0.5, 0.6) is 0 Å². The van der Waals surface area contributed by atoms with E-state index < -0.39 is 5.92 Å². The fourth-order valence-electron chi connectivity index (χ4n) is 4.01. The summed E-state index contributed by atoms with van der Waals surface area (Å²) >= 11 is 0. The van der Waals surface area contributed by atoms with Crippen LogP contribution in [0.3, 0.4) is 0 Å². The number of carbonyl (C=O) groups is 1. The summed E-state index contributed by atoms with van der Waals surface area (Å²) in [5.74, 6) is -0.797. The molecule has 0 N–H and O–H groups in total. The molecule has 0 spiro atoms. The van der Waals surface area contributed by atoms with Crippen LogP contribution in [0.4, 0.5) is 0 Å². The Morgan fingerprint density at radius 3 is 2.35 bits per heavy atom. The summed E-state index contributed by atoms with van der Waals surface area (Å²) in [7, 11) is 0. The van der Waals surface area contributed by atoms with Gasteiger partial charge in [-0.2, -0.15) is 5.26 Å². The van der Waals surface area contributed by atoms with Crippen molar-refractivity contribution >= 4 is 11.4 Å². The predicted octanol–water partition coefficient (Wildman–Crippen LogP) is 7.17. The molecule has 0 heterocycles. The third-order valence-electron chi connectivity index (χ3n) is 5.98. The van der Waals surface area contributed by atoms with Crippen molar-refractivity contribution in [3.8, 4) is 6.07 Å². The van der Waals surface area contributed by atoms with E-state index in [1.54, 1.807) is 0 Å². The molecule has 0 bridgehead atoms. The van der Waals surface area contributed by atoms with E-state index in [4.69, 9.17) is 0 Å². The summed E-state index contributed by atoms with van der Waals surface area (Å²) in [5.41, 5.74) is 5.57. The number of allylic oxidation sites excluding steroid dienone is 5. The molecule has 1 unspecified atom stereocenters. The highest BCUT2D eigenvalue weighted by molar-refractivity contribution is 5.90. The van der Waals surface area contributed by atoms with Crippen molar-refractivity contribution in [2.75, 3.05) is 0 Å². The second-order valence-electron chi connectivity index (χ2n) is 8.38. The molecule has 1 aliphatic rings. The minimum atomic E-state index is -0.774. The summed E-state index contributed by atoms with van der Waals surface area (Å²) in [6.45, 7) is 12.1. The largest absolute Gasteiger partial charge is 0.298 e. The number of benzene rings is 2. The van der Waals surface area contributed by atoms with Crippen LogP contribution in [0.2, 0.25) is 0 Å². The molecule has 31 heavy (non-hydrogen) atoms. The van der Waals surface area contributed by atoms with Crippen LogP contribution in [0.25, 0.3) is 5.57 Å². The number of hydrogen-bond acceptors (Lipinski definition) is 2. The van der Waals surface area contributed by atoms with E-state index in [2.05, 4.69) is 31.4 Å². The maximum atomic E-state index is 13.2. The molecular weight excluding hydrogens is 378 g/mol. The number of nitriles is 1. The molecule has 1 atom stereocenters. The van der Waals surface area contributed by atoms with E-state index >= 15 is 0 Å². The van der Waals surface area contributed by atoms with Gasteiger partial charge in [-0.1, -0.05) is 85.5 Å². The summed E-state index contributed by atoms with van der Waals surface area (Å²) < 4.78 is 0. The molecule has 156 valence electrons. The van der Waals surface area contributed by atoms with Crippen LogP contribution in [0.1, 0.15) is 55.7 Å². The Kier molecular flexibility index (Phi) is 6.88. The predicted molar refractivity (Wildman–Crippen MR) is 128 cm³/mol. The number of carbonyl (C=O) groups excluding carboxylic acids is 1. The molecule has 0 radical (unpaired) electrons. The molecule has 2 aromatic carbocycles. The first-order chi connectivity index (χ1) is 14.9. The van der Waals surface area contributed by atoms with Crippen LogP contribution >= 0.6 is 0 Å². The van der Waals surface area contributed by atoms with Crippen LogP contribution in [-0.2, 0) is 4.79 Å². The fourth-order valence-corrected chi connectivity index (χ4v) is 4.01. The molecule has 0 aliphatic heterocycles. The zero-order valence-electron chi connectivity index (χ0n) is 18.4. The van der Waals surface area contributed by atoms with E-state index in [1.165, 1.54) is 0 Å². The summed E-state index contributed by atoms with van der Waals surface area (Å²) in [4.78, 5) is 13.2. The molecule has 3 rings (SSSR count). The van der Waals surface area contributed by atoms with Gasteiger partial charge in [0.05, 0.1) is 6.07 Å². The van der Waals surface area contributed by atoms with E-state index in [1.807, 2.05) is 74.5 Å². The van der Waals surface area contributed by atoms with Crippen LogP contribution in [0, 0.1) is 16.7 Å². The van der Waals surface area contributed by atoms with Gasteiger partial charge < -0.3 is 0 Å². The average molecular weight is 408 g/mol. The van der Waals surface area contributed by atoms with Crippen molar-refractivity contribution in [1.29, 1.82) is 5.26 Å². The van der Waals surface area contributed by atoms with E-state index in [9.17, 15) is 10.1 Å². The quantitative estimate of drug-likeness (QED) is 0.413. The lowest BCUT2D eigenvalue weighted by molar-refractivity contribution is -0.120. The lowest BCUT2D eigenvalue weighted by atomic mass is 9.83. The van der Waals surface area contributed by atoms with E-state index in [-0.39, 0.29) is 11.2 Å². The Balaban J connectivity index is 1.81. The van der Waals surface area contributed by atoms with Gasteiger partial charge >= 0.3 is 0 Å². The topological polar surface area (TPSA) is 40.9 Å².